The number of fused-ring (bicyclic) bond motifs is 1. The lowest BCUT2D eigenvalue weighted by Crippen LogP contribution is -2.34. The molecule has 1 aliphatic carbocycles. The molecule has 1 fully saturated rings. The molecule has 1 heterocycles. The number of benzene rings is 1. The number of hydrogen-bond acceptors (Lipinski definition) is 4. The molecule has 5 nitrogen and oxygen atoms in total. The highest BCUT2D eigenvalue weighted by Crippen LogP contribution is 2.41. The van der Waals surface area contributed by atoms with Gasteiger partial charge in [0.05, 0.1) is 22.8 Å². The lowest BCUT2D eigenvalue weighted by Gasteiger charge is -2.35. The van der Waals surface area contributed by atoms with Crippen molar-refractivity contribution in [2.24, 2.45) is 5.73 Å². The van der Waals surface area contributed by atoms with E-state index in [4.69, 9.17) is 18.0 Å². The standard InChI is InChI=1S/C16H22N4OS2/c1-20(10-5-3-2-4-6-10)13-8-14-12(18-15(21)9-23-14)7-11(13)19-16(17)22/h7-8,10H,2-6,9H2,1H3,(H,18,21)(H3,17,19,22). The van der Waals surface area contributed by atoms with Crippen LogP contribution in [0.15, 0.2) is 17.0 Å². The molecule has 1 aromatic rings. The number of carbonyl (C=O) groups excluding carboxylic acids is 1. The van der Waals surface area contributed by atoms with Gasteiger partial charge in [0.1, 0.15) is 0 Å². The van der Waals surface area contributed by atoms with Crippen LogP contribution in [0.1, 0.15) is 32.1 Å². The van der Waals surface area contributed by atoms with Gasteiger partial charge in [0.15, 0.2) is 5.11 Å². The fourth-order valence-corrected chi connectivity index (χ4v) is 4.23. The van der Waals surface area contributed by atoms with Crippen molar-refractivity contribution in [1.29, 1.82) is 0 Å². The second kappa shape index (κ2) is 6.97. The number of anilines is 3. The second-order valence-electron chi connectivity index (χ2n) is 6.09. The van der Waals surface area contributed by atoms with Gasteiger partial charge in [-0.05, 0) is 37.2 Å². The van der Waals surface area contributed by atoms with Crippen molar-refractivity contribution in [2.45, 2.75) is 43.0 Å². The highest BCUT2D eigenvalue weighted by atomic mass is 32.2. The Morgan fingerprint density at radius 3 is 2.83 bits per heavy atom. The molecule has 1 aromatic carbocycles. The van der Waals surface area contributed by atoms with Crippen molar-refractivity contribution in [3.05, 3.63) is 12.1 Å². The van der Waals surface area contributed by atoms with Crippen molar-refractivity contribution >= 4 is 52.1 Å². The average Bonchev–Trinajstić information content (AvgIpc) is 2.54. The first-order valence-electron chi connectivity index (χ1n) is 7.94. The third-order valence-corrected chi connectivity index (χ3v) is 5.65. The fourth-order valence-electron chi connectivity index (χ4n) is 3.31. The van der Waals surface area contributed by atoms with Gasteiger partial charge in [0.25, 0.3) is 0 Å². The predicted molar refractivity (Wildman–Crippen MR) is 101 cm³/mol. The predicted octanol–water partition coefficient (Wildman–Crippen LogP) is 3.16. The van der Waals surface area contributed by atoms with Gasteiger partial charge in [-0.3, -0.25) is 4.79 Å². The first-order valence-corrected chi connectivity index (χ1v) is 9.34. The molecule has 0 unspecified atom stereocenters. The maximum Gasteiger partial charge on any atom is 0.234 e. The van der Waals surface area contributed by atoms with E-state index in [1.54, 1.807) is 11.8 Å². The van der Waals surface area contributed by atoms with Gasteiger partial charge >= 0.3 is 0 Å². The van der Waals surface area contributed by atoms with Crippen LogP contribution in [0.5, 0.6) is 0 Å². The molecule has 0 saturated heterocycles. The molecular formula is C16H22N4OS2. The Balaban J connectivity index is 1.95. The molecule has 124 valence electrons. The summed E-state index contributed by atoms with van der Waals surface area (Å²) in [5.41, 5.74) is 8.45. The molecule has 2 aliphatic rings. The van der Waals surface area contributed by atoms with Crippen LogP contribution in [0.25, 0.3) is 0 Å². The lowest BCUT2D eigenvalue weighted by molar-refractivity contribution is -0.113. The van der Waals surface area contributed by atoms with E-state index in [9.17, 15) is 4.79 Å². The van der Waals surface area contributed by atoms with Crippen LogP contribution in [-0.2, 0) is 4.79 Å². The zero-order chi connectivity index (χ0) is 16.4. The molecule has 1 saturated carbocycles. The molecule has 0 radical (unpaired) electrons. The highest BCUT2D eigenvalue weighted by molar-refractivity contribution is 8.00. The molecule has 4 N–H and O–H groups in total. The average molecular weight is 351 g/mol. The Hall–Kier alpha value is -1.47. The van der Waals surface area contributed by atoms with Gasteiger partial charge in [0, 0.05) is 18.0 Å². The summed E-state index contributed by atoms with van der Waals surface area (Å²) in [7, 11) is 2.13. The van der Waals surface area contributed by atoms with Crippen molar-refractivity contribution in [2.75, 3.05) is 28.3 Å². The number of nitrogens with two attached hydrogens (primary N) is 1. The third-order valence-electron chi connectivity index (χ3n) is 4.49. The maximum atomic E-state index is 11.6. The lowest BCUT2D eigenvalue weighted by atomic mass is 9.94. The molecular weight excluding hydrogens is 328 g/mol. The minimum atomic E-state index is 0.0251. The summed E-state index contributed by atoms with van der Waals surface area (Å²) < 4.78 is 0. The van der Waals surface area contributed by atoms with Gasteiger partial charge in [-0.1, -0.05) is 19.3 Å². The summed E-state index contributed by atoms with van der Waals surface area (Å²) in [6.45, 7) is 0. The van der Waals surface area contributed by atoms with E-state index >= 15 is 0 Å². The molecule has 0 atom stereocenters. The van der Waals surface area contributed by atoms with Crippen LogP contribution in [0, 0.1) is 0 Å². The van der Waals surface area contributed by atoms with Crippen molar-refractivity contribution in [3.8, 4) is 0 Å². The van der Waals surface area contributed by atoms with Gasteiger partial charge in [-0.25, -0.2) is 0 Å². The number of hydrogen-bond donors (Lipinski definition) is 3. The summed E-state index contributed by atoms with van der Waals surface area (Å²) in [6.07, 6.45) is 6.31. The molecule has 1 aliphatic heterocycles. The van der Waals surface area contributed by atoms with E-state index in [1.165, 1.54) is 32.1 Å². The van der Waals surface area contributed by atoms with E-state index in [-0.39, 0.29) is 11.0 Å². The van der Waals surface area contributed by atoms with Crippen molar-refractivity contribution in [1.82, 2.24) is 0 Å². The van der Waals surface area contributed by atoms with Crippen LogP contribution in [0.4, 0.5) is 17.1 Å². The number of amides is 1. The fraction of sp³-hybridized carbons (Fsp3) is 0.500. The largest absolute Gasteiger partial charge is 0.376 e. The number of thioether (sulfide) groups is 1. The Kier molecular flexibility index (Phi) is 4.96. The van der Waals surface area contributed by atoms with Gasteiger partial charge < -0.3 is 21.3 Å². The number of nitrogens with zero attached hydrogens (tertiary/aromatic N) is 1. The summed E-state index contributed by atoms with van der Waals surface area (Å²) in [4.78, 5) is 15.0. The van der Waals surface area contributed by atoms with Crippen LogP contribution in [0.3, 0.4) is 0 Å². The molecule has 0 spiro atoms. The molecule has 1 amide bonds. The summed E-state index contributed by atoms with van der Waals surface area (Å²) in [5.74, 6) is 0.485. The van der Waals surface area contributed by atoms with E-state index < -0.39 is 0 Å². The molecule has 7 heteroatoms. The van der Waals surface area contributed by atoms with E-state index in [0.717, 1.165) is 22.0 Å². The van der Waals surface area contributed by atoms with Crippen LogP contribution >= 0.6 is 24.0 Å². The van der Waals surface area contributed by atoms with Crippen LogP contribution in [-0.4, -0.2) is 29.9 Å². The monoisotopic (exact) mass is 350 g/mol. The number of rotatable bonds is 3. The first-order chi connectivity index (χ1) is 11.0. The molecule has 23 heavy (non-hydrogen) atoms. The van der Waals surface area contributed by atoms with Crippen LogP contribution in [0.2, 0.25) is 0 Å². The van der Waals surface area contributed by atoms with Gasteiger partial charge in [0.2, 0.25) is 5.91 Å². The number of thiocarbonyl (C=S) groups is 1. The number of carbonyl (C=O) groups is 1. The van der Waals surface area contributed by atoms with Crippen LogP contribution < -0.4 is 21.3 Å². The summed E-state index contributed by atoms with van der Waals surface area (Å²) >= 11 is 6.59. The SMILES string of the molecule is CN(c1cc2c(cc1NC(N)=S)NC(=O)CS2)C1CCCCC1. The summed E-state index contributed by atoms with van der Waals surface area (Å²) in [5, 5.41) is 6.22. The normalized spacial score (nSPS) is 18.0. The Morgan fingerprint density at radius 1 is 1.39 bits per heavy atom. The first kappa shape index (κ1) is 16.4. The smallest absolute Gasteiger partial charge is 0.234 e. The molecule has 3 rings (SSSR count). The summed E-state index contributed by atoms with van der Waals surface area (Å²) in [6, 6.07) is 4.61. The van der Waals surface area contributed by atoms with Crippen molar-refractivity contribution < 1.29 is 4.79 Å². The Bertz CT molecular complexity index is 629. The van der Waals surface area contributed by atoms with Gasteiger partial charge in [-0.2, -0.15) is 0 Å². The molecule has 0 aromatic heterocycles. The molecule has 0 bridgehead atoms. The zero-order valence-corrected chi connectivity index (χ0v) is 14.9. The van der Waals surface area contributed by atoms with E-state index in [2.05, 4.69) is 28.6 Å². The zero-order valence-electron chi connectivity index (χ0n) is 13.2. The highest BCUT2D eigenvalue weighted by Gasteiger charge is 2.24. The third kappa shape index (κ3) is 3.72. The maximum absolute atomic E-state index is 11.6. The minimum Gasteiger partial charge on any atom is -0.376 e. The van der Waals surface area contributed by atoms with Gasteiger partial charge in [-0.15, -0.1) is 11.8 Å². The van der Waals surface area contributed by atoms with E-state index in [1.807, 2.05) is 6.07 Å². The Morgan fingerprint density at radius 2 is 2.13 bits per heavy atom. The number of nitrogens with one attached hydrogen (secondary N) is 2. The topological polar surface area (TPSA) is 70.4 Å². The van der Waals surface area contributed by atoms with E-state index in [0.29, 0.717) is 11.8 Å². The minimum absolute atomic E-state index is 0.0251. The Labute approximate surface area is 146 Å². The quantitative estimate of drug-likeness (QED) is 0.728. The van der Waals surface area contributed by atoms with Crippen molar-refractivity contribution in [3.63, 3.8) is 0 Å². The second-order valence-corrected chi connectivity index (χ2v) is 7.55.